The minimum Gasteiger partial charge on any atom is -0.493 e. The summed E-state index contributed by atoms with van der Waals surface area (Å²) in [5.41, 5.74) is 2.14. The van der Waals surface area contributed by atoms with Gasteiger partial charge in [-0.05, 0) is 17.7 Å². The molecular formula is C12H12O4. The highest BCUT2D eigenvalue weighted by Gasteiger charge is 2.23. The summed E-state index contributed by atoms with van der Waals surface area (Å²) in [4.78, 5) is 10.9. The fraction of sp³-hybridized carbons (Fsp3) is 0.250. The van der Waals surface area contributed by atoms with Crippen molar-refractivity contribution in [3.63, 3.8) is 0 Å². The third-order valence-corrected chi connectivity index (χ3v) is 2.66. The van der Waals surface area contributed by atoms with E-state index in [-0.39, 0.29) is 0 Å². The monoisotopic (exact) mass is 220 g/mol. The van der Waals surface area contributed by atoms with Crippen LogP contribution in [-0.2, 0) is 11.2 Å². The molecule has 0 aromatic heterocycles. The number of carboxylic acids is 1. The van der Waals surface area contributed by atoms with Gasteiger partial charge in [-0.1, -0.05) is 6.07 Å². The molecule has 4 nitrogen and oxygen atoms in total. The first-order valence-corrected chi connectivity index (χ1v) is 4.85. The Balaban J connectivity index is 2.48. The number of rotatable bonds is 3. The second kappa shape index (κ2) is 3.89. The standard InChI is InChI=1S/C12H12O4/c1-15-10-4-3-7-5-8(12(13)14)6-9(7)11(10)16-2/h3-5H,6H2,1-2H3,(H,13,14). The fourth-order valence-corrected chi connectivity index (χ4v) is 1.89. The van der Waals surface area contributed by atoms with Crippen LogP contribution in [0.15, 0.2) is 17.7 Å². The molecule has 0 heterocycles. The minimum absolute atomic E-state index is 0.376. The van der Waals surface area contributed by atoms with E-state index >= 15 is 0 Å². The lowest BCUT2D eigenvalue weighted by molar-refractivity contribution is -0.132. The Hall–Kier alpha value is -1.97. The summed E-state index contributed by atoms with van der Waals surface area (Å²) < 4.78 is 10.4. The number of ether oxygens (including phenoxy) is 2. The molecule has 1 aliphatic carbocycles. The normalized spacial score (nSPS) is 13.0. The Bertz CT molecular complexity index is 474. The van der Waals surface area contributed by atoms with Crippen LogP contribution in [0.25, 0.3) is 6.08 Å². The highest BCUT2D eigenvalue weighted by molar-refractivity contribution is 5.96. The molecule has 1 aliphatic rings. The first kappa shape index (κ1) is 10.5. The van der Waals surface area contributed by atoms with Gasteiger partial charge in [-0.3, -0.25) is 0 Å². The predicted octanol–water partition coefficient (Wildman–Crippen LogP) is 1.73. The van der Waals surface area contributed by atoms with Crippen molar-refractivity contribution >= 4 is 12.0 Å². The lowest BCUT2D eigenvalue weighted by Crippen LogP contribution is -2.01. The molecule has 0 atom stereocenters. The second-order valence-corrected chi connectivity index (χ2v) is 3.52. The Morgan fingerprint density at radius 2 is 2.06 bits per heavy atom. The zero-order valence-electron chi connectivity index (χ0n) is 9.11. The number of benzene rings is 1. The van der Waals surface area contributed by atoms with Gasteiger partial charge in [0.25, 0.3) is 0 Å². The van der Waals surface area contributed by atoms with Crippen molar-refractivity contribution in [2.45, 2.75) is 6.42 Å². The fourth-order valence-electron chi connectivity index (χ4n) is 1.89. The lowest BCUT2D eigenvalue weighted by atomic mass is 10.1. The van der Waals surface area contributed by atoms with Crippen molar-refractivity contribution in [3.05, 3.63) is 28.8 Å². The van der Waals surface area contributed by atoms with Crippen LogP contribution in [0.4, 0.5) is 0 Å². The molecule has 0 fully saturated rings. The molecule has 4 heteroatoms. The average Bonchev–Trinajstić information content (AvgIpc) is 2.71. The first-order valence-electron chi connectivity index (χ1n) is 4.85. The Kier molecular flexibility index (Phi) is 2.56. The maximum absolute atomic E-state index is 10.9. The van der Waals surface area contributed by atoms with Crippen LogP contribution in [0.5, 0.6) is 11.5 Å². The Labute approximate surface area is 93.1 Å². The van der Waals surface area contributed by atoms with Crippen LogP contribution in [0.3, 0.4) is 0 Å². The zero-order chi connectivity index (χ0) is 11.7. The topological polar surface area (TPSA) is 55.8 Å². The largest absolute Gasteiger partial charge is 0.493 e. The zero-order valence-corrected chi connectivity index (χ0v) is 9.11. The molecule has 0 saturated carbocycles. The van der Waals surface area contributed by atoms with Crippen LogP contribution in [-0.4, -0.2) is 25.3 Å². The van der Waals surface area contributed by atoms with Crippen molar-refractivity contribution in [2.24, 2.45) is 0 Å². The summed E-state index contributed by atoms with van der Waals surface area (Å²) in [5.74, 6) is 0.353. The summed E-state index contributed by atoms with van der Waals surface area (Å²) in [6.45, 7) is 0. The number of carboxylic acid groups (broad SMARTS) is 1. The summed E-state index contributed by atoms with van der Waals surface area (Å²) in [6.07, 6.45) is 2.05. The van der Waals surface area contributed by atoms with Gasteiger partial charge in [0.05, 0.1) is 14.2 Å². The van der Waals surface area contributed by atoms with Crippen molar-refractivity contribution in [1.29, 1.82) is 0 Å². The van der Waals surface area contributed by atoms with Gasteiger partial charge in [-0.2, -0.15) is 0 Å². The van der Waals surface area contributed by atoms with E-state index < -0.39 is 5.97 Å². The molecule has 0 amide bonds. The quantitative estimate of drug-likeness (QED) is 0.842. The average molecular weight is 220 g/mol. The Morgan fingerprint density at radius 3 is 2.62 bits per heavy atom. The number of carbonyl (C=O) groups is 1. The van der Waals surface area contributed by atoms with Crippen molar-refractivity contribution in [2.75, 3.05) is 14.2 Å². The van der Waals surface area contributed by atoms with Gasteiger partial charge in [0, 0.05) is 17.6 Å². The summed E-state index contributed by atoms with van der Waals surface area (Å²) in [6, 6.07) is 3.62. The SMILES string of the molecule is COc1ccc2c(c1OC)CC(C(=O)O)=C2. The molecule has 16 heavy (non-hydrogen) atoms. The number of hydrogen-bond acceptors (Lipinski definition) is 3. The molecule has 1 N–H and O–H groups in total. The highest BCUT2D eigenvalue weighted by Crippen LogP contribution is 2.39. The third kappa shape index (κ3) is 1.52. The number of hydrogen-bond donors (Lipinski definition) is 1. The van der Waals surface area contributed by atoms with Crippen molar-refractivity contribution in [3.8, 4) is 11.5 Å². The highest BCUT2D eigenvalue weighted by atomic mass is 16.5. The van der Waals surface area contributed by atoms with Crippen LogP contribution in [0, 0.1) is 0 Å². The maximum atomic E-state index is 10.9. The van der Waals surface area contributed by atoms with Gasteiger partial charge in [0.15, 0.2) is 11.5 Å². The van der Waals surface area contributed by atoms with Gasteiger partial charge in [-0.15, -0.1) is 0 Å². The molecule has 1 aromatic carbocycles. The molecule has 1 aromatic rings. The van der Waals surface area contributed by atoms with Crippen LogP contribution < -0.4 is 9.47 Å². The minimum atomic E-state index is -0.891. The van der Waals surface area contributed by atoms with Crippen molar-refractivity contribution in [1.82, 2.24) is 0 Å². The molecule has 0 saturated heterocycles. The third-order valence-electron chi connectivity index (χ3n) is 2.66. The molecule has 0 bridgehead atoms. The van der Waals surface area contributed by atoms with E-state index in [2.05, 4.69) is 0 Å². The predicted molar refractivity (Wildman–Crippen MR) is 58.9 cm³/mol. The van der Waals surface area contributed by atoms with E-state index in [4.69, 9.17) is 14.6 Å². The van der Waals surface area contributed by atoms with Crippen LogP contribution in [0.1, 0.15) is 11.1 Å². The summed E-state index contributed by atoms with van der Waals surface area (Å²) in [5, 5.41) is 8.94. The van der Waals surface area contributed by atoms with E-state index in [1.165, 1.54) is 0 Å². The molecule has 0 radical (unpaired) electrons. The van der Waals surface area contributed by atoms with Gasteiger partial charge >= 0.3 is 5.97 Å². The smallest absolute Gasteiger partial charge is 0.331 e. The molecule has 2 rings (SSSR count). The van der Waals surface area contributed by atoms with Crippen molar-refractivity contribution < 1.29 is 19.4 Å². The van der Waals surface area contributed by atoms with Gasteiger partial charge in [-0.25, -0.2) is 4.79 Å². The van der Waals surface area contributed by atoms with Crippen LogP contribution >= 0.6 is 0 Å². The Morgan fingerprint density at radius 1 is 1.31 bits per heavy atom. The summed E-state index contributed by atoms with van der Waals surface area (Å²) in [7, 11) is 3.11. The molecule has 0 unspecified atom stereocenters. The molecule has 84 valence electrons. The number of fused-ring (bicyclic) bond motifs is 1. The number of methoxy groups -OCH3 is 2. The lowest BCUT2D eigenvalue weighted by Gasteiger charge is -2.11. The maximum Gasteiger partial charge on any atom is 0.331 e. The van der Waals surface area contributed by atoms with E-state index in [9.17, 15) is 4.79 Å². The first-order chi connectivity index (χ1) is 7.67. The molecule has 0 spiro atoms. The van der Waals surface area contributed by atoms with E-state index in [1.54, 1.807) is 26.4 Å². The van der Waals surface area contributed by atoms with E-state index in [1.807, 2.05) is 6.07 Å². The number of aliphatic carboxylic acids is 1. The van der Waals surface area contributed by atoms with Gasteiger partial charge in [0.2, 0.25) is 0 Å². The van der Waals surface area contributed by atoms with E-state index in [0.717, 1.165) is 11.1 Å². The van der Waals surface area contributed by atoms with Gasteiger partial charge < -0.3 is 14.6 Å². The summed E-state index contributed by atoms with van der Waals surface area (Å²) >= 11 is 0. The second-order valence-electron chi connectivity index (χ2n) is 3.52. The molecule has 0 aliphatic heterocycles. The van der Waals surface area contributed by atoms with Crippen LogP contribution in [0.2, 0.25) is 0 Å². The van der Waals surface area contributed by atoms with E-state index in [0.29, 0.717) is 23.5 Å². The van der Waals surface area contributed by atoms with Gasteiger partial charge in [0.1, 0.15) is 0 Å². The molecular weight excluding hydrogens is 208 g/mol.